The summed E-state index contributed by atoms with van der Waals surface area (Å²) in [5.41, 5.74) is 0.594. The molecule has 1 heterocycles. The Morgan fingerprint density at radius 1 is 1.35 bits per heavy atom. The number of benzene rings is 1. The van der Waals surface area contributed by atoms with E-state index in [1.54, 1.807) is 25.1 Å². The molecule has 2 N–H and O–H groups in total. The van der Waals surface area contributed by atoms with Crippen LogP contribution in [0.1, 0.15) is 11.3 Å². The summed E-state index contributed by atoms with van der Waals surface area (Å²) in [4.78, 5) is 11.7. The van der Waals surface area contributed by atoms with E-state index in [4.69, 9.17) is 4.52 Å². The van der Waals surface area contributed by atoms with Gasteiger partial charge in [0.1, 0.15) is 11.5 Å². The van der Waals surface area contributed by atoms with Crippen LogP contribution in [0.2, 0.25) is 0 Å². The number of aromatic nitrogens is 1. The van der Waals surface area contributed by atoms with Crippen molar-refractivity contribution in [2.45, 2.75) is 19.6 Å². The topological polar surface area (TPSA) is 76.4 Å². The Labute approximate surface area is 129 Å². The summed E-state index contributed by atoms with van der Waals surface area (Å²) in [5, 5.41) is 8.60. The number of carbonyl (C=O) groups excluding carboxylic acids is 1. The molecule has 124 valence electrons. The van der Waals surface area contributed by atoms with Gasteiger partial charge >= 0.3 is 12.2 Å². The Kier molecular flexibility index (Phi) is 5.09. The highest BCUT2D eigenvalue weighted by molar-refractivity contribution is 5.88. The summed E-state index contributed by atoms with van der Waals surface area (Å²) in [6.07, 6.45) is -4.40. The van der Waals surface area contributed by atoms with Gasteiger partial charge in [-0.25, -0.2) is 4.79 Å². The molecular formula is C14H14F3N3O3. The number of amides is 2. The van der Waals surface area contributed by atoms with Crippen LogP contribution >= 0.6 is 0 Å². The van der Waals surface area contributed by atoms with Gasteiger partial charge in [0.15, 0.2) is 12.4 Å². The molecule has 0 aliphatic heterocycles. The van der Waals surface area contributed by atoms with Crippen molar-refractivity contribution in [1.82, 2.24) is 10.5 Å². The molecule has 6 nitrogen and oxygen atoms in total. The highest BCUT2D eigenvalue weighted by atomic mass is 19.4. The van der Waals surface area contributed by atoms with Gasteiger partial charge in [-0.2, -0.15) is 13.2 Å². The fourth-order valence-electron chi connectivity index (χ4n) is 1.68. The molecule has 0 spiro atoms. The quantitative estimate of drug-likeness (QED) is 0.883. The van der Waals surface area contributed by atoms with Gasteiger partial charge in [-0.15, -0.1) is 0 Å². The Hall–Kier alpha value is -2.71. The van der Waals surface area contributed by atoms with Crippen molar-refractivity contribution in [3.63, 3.8) is 0 Å². The molecular weight excluding hydrogens is 315 g/mol. The molecule has 2 aromatic rings. The molecule has 0 saturated carbocycles. The van der Waals surface area contributed by atoms with Gasteiger partial charge in [-0.3, -0.25) is 5.32 Å². The number of alkyl halides is 3. The maximum atomic E-state index is 12.1. The lowest BCUT2D eigenvalue weighted by atomic mass is 10.2. The molecule has 0 atom stereocenters. The first kappa shape index (κ1) is 16.7. The fourth-order valence-corrected chi connectivity index (χ4v) is 1.68. The van der Waals surface area contributed by atoms with E-state index in [9.17, 15) is 18.0 Å². The molecule has 0 unspecified atom stereocenters. The predicted octanol–water partition coefficient (Wildman–Crippen LogP) is 3.25. The summed E-state index contributed by atoms with van der Waals surface area (Å²) >= 11 is 0. The minimum Gasteiger partial charge on any atom is -0.484 e. The van der Waals surface area contributed by atoms with Crippen LogP contribution in [0.5, 0.6) is 5.75 Å². The minimum absolute atomic E-state index is 0.0779. The van der Waals surface area contributed by atoms with Gasteiger partial charge in [0.2, 0.25) is 0 Å². The summed E-state index contributed by atoms with van der Waals surface area (Å²) in [7, 11) is 0. The van der Waals surface area contributed by atoms with E-state index in [-0.39, 0.29) is 18.1 Å². The van der Waals surface area contributed by atoms with Crippen molar-refractivity contribution >= 4 is 11.8 Å². The van der Waals surface area contributed by atoms with Gasteiger partial charge in [0.25, 0.3) is 0 Å². The number of nitrogens with zero attached hydrogens (tertiary/aromatic N) is 1. The van der Waals surface area contributed by atoms with Crippen molar-refractivity contribution in [2.75, 3.05) is 11.9 Å². The van der Waals surface area contributed by atoms with E-state index >= 15 is 0 Å². The molecule has 0 radical (unpaired) electrons. The lowest BCUT2D eigenvalue weighted by Gasteiger charge is -2.10. The van der Waals surface area contributed by atoms with E-state index in [1.165, 1.54) is 12.1 Å². The number of halogens is 3. The van der Waals surface area contributed by atoms with E-state index in [2.05, 4.69) is 20.5 Å². The molecule has 0 bridgehead atoms. The highest BCUT2D eigenvalue weighted by Crippen LogP contribution is 2.19. The van der Waals surface area contributed by atoms with Crippen LogP contribution < -0.4 is 15.4 Å². The van der Waals surface area contributed by atoms with Gasteiger partial charge < -0.3 is 14.6 Å². The second-order valence-corrected chi connectivity index (χ2v) is 4.68. The Bertz CT molecular complexity index is 671. The number of aryl methyl sites for hydroxylation is 1. The Morgan fingerprint density at radius 3 is 2.78 bits per heavy atom. The summed E-state index contributed by atoms with van der Waals surface area (Å²) < 4.78 is 45.7. The monoisotopic (exact) mass is 329 g/mol. The zero-order valence-corrected chi connectivity index (χ0v) is 12.1. The Balaban J connectivity index is 1.84. The average molecular weight is 329 g/mol. The number of nitrogens with one attached hydrogen (secondary N) is 2. The first-order valence-electron chi connectivity index (χ1n) is 6.58. The van der Waals surface area contributed by atoms with Crippen LogP contribution in [0, 0.1) is 6.92 Å². The number of anilines is 1. The molecule has 2 rings (SSSR count). The smallest absolute Gasteiger partial charge is 0.422 e. The molecule has 1 aromatic heterocycles. The third-order valence-electron chi connectivity index (χ3n) is 2.62. The van der Waals surface area contributed by atoms with Crippen molar-refractivity contribution in [3.05, 3.63) is 41.7 Å². The van der Waals surface area contributed by atoms with Crippen LogP contribution in [0.25, 0.3) is 0 Å². The van der Waals surface area contributed by atoms with Crippen molar-refractivity contribution in [3.8, 4) is 5.75 Å². The zero-order valence-electron chi connectivity index (χ0n) is 12.1. The normalized spacial score (nSPS) is 11.1. The van der Waals surface area contributed by atoms with E-state index < -0.39 is 18.8 Å². The molecule has 23 heavy (non-hydrogen) atoms. The predicted molar refractivity (Wildman–Crippen MR) is 75.1 cm³/mol. The summed E-state index contributed by atoms with van der Waals surface area (Å²) in [6, 6.07) is 7.06. The number of ether oxygens (including phenoxy) is 1. The van der Waals surface area contributed by atoms with Crippen LogP contribution in [0.15, 0.2) is 34.9 Å². The highest BCUT2D eigenvalue weighted by Gasteiger charge is 2.28. The lowest BCUT2D eigenvalue weighted by Crippen LogP contribution is -2.28. The summed E-state index contributed by atoms with van der Waals surface area (Å²) in [6.45, 7) is 0.435. The third kappa shape index (κ3) is 5.89. The maximum Gasteiger partial charge on any atom is 0.422 e. The number of carbonyl (C=O) groups is 1. The molecule has 0 aliphatic carbocycles. The van der Waals surface area contributed by atoms with E-state index in [0.717, 1.165) is 0 Å². The van der Waals surface area contributed by atoms with Crippen molar-refractivity contribution in [1.29, 1.82) is 0 Å². The van der Waals surface area contributed by atoms with E-state index in [0.29, 0.717) is 11.3 Å². The number of hydrogen-bond donors (Lipinski definition) is 2. The van der Waals surface area contributed by atoms with E-state index in [1.807, 2.05) is 0 Å². The maximum absolute atomic E-state index is 12.1. The summed E-state index contributed by atoms with van der Waals surface area (Å²) in [5.74, 6) is 0.895. The zero-order chi connectivity index (χ0) is 16.9. The second kappa shape index (κ2) is 7.03. The number of urea groups is 1. The van der Waals surface area contributed by atoms with Gasteiger partial charge in [-0.05, 0) is 24.6 Å². The fraction of sp³-hybridized carbons (Fsp3) is 0.286. The van der Waals surface area contributed by atoms with Gasteiger partial charge in [-0.1, -0.05) is 17.3 Å². The Morgan fingerprint density at radius 2 is 2.13 bits per heavy atom. The van der Waals surface area contributed by atoms with Crippen LogP contribution in [0.4, 0.5) is 23.8 Å². The first-order chi connectivity index (χ1) is 10.8. The molecule has 0 saturated heterocycles. The third-order valence-corrected chi connectivity index (χ3v) is 2.62. The molecule has 1 aromatic carbocycles. The average Bonchev–Trinajstić information content (AvgIpc) is 2.88. The van der Waals surface area contributed by atoms with Crippen LogP contribution in [-0.2, 0) is 6.54 Å². The van der Waals surface area contributed by atoms with Crippen LogP contribution in [0.3, 0.4) is 0 Å². The number of rotatable bonds is 5. The second-order valence-electron chi connectivity index (χ2n) is 4.68. The molecule has 0 fully saturated rings. The SMILES string of the molecule is Cc1cc(NC(=O)NCc2cccc(OCC(F)(F)F)c2)no1. The molecule has 2 amide bonds. The lowest BCUT2D eigenvalue weighted by molar-refractivity contribution is -0.153. The standard InChI is InChI=1S/C14H14F3N3O3/c1-9-5-12(20-23-9)19-13(21)18-7-10-3-2-4-11(6-10)22-8-14(15,16)17/h2-6H,7-8H2,1H3,(H2,18,19,20,21). The van der Waals surface area contributed by atoms with Crippen LogP contribution in [-0.4, -0.2) is 24.0 Å². The molecule has 0 aliphatic rings. The van der Waals surface area contributed by atoms with Gasteiger partial charge in [0.05, 0.1) is 0 Å². The molecule has 9 heteroatoms. The van der Waals surface area contributed by atoms with Crippen molar-refractivity contribution < 1.29 is 27.2 Å². The number of hydrogen-bond acceptors (Lipinski definition) is 4. The largest absolute Gasteiger partial charge is 0.484 e. The first-order valence-corrected chi connectivity index (χ1v) is 6.58. The van der Waals surface area contributed by atoms with Crippen molar-refractivity contribution in [2.24, 2.45) is 0 Å². The van der Waals surface area contributed by atoms with Gasteiger partial charge in [0, 0.05) is 12.6 Å². The minimum atomic E-state index is -4.40.